The quantitative estimate of drug-likeness (QED) is 0.784. The average molecular weight is 321 g/mol. The number of pyridine rings is 1. The fourth-order valence-corrected chi connectivity index (χ4v) is 3.97. The molecule has 1 aromatic rings. The van der Waals surface area contributed by atoms with Crippen LogP contribution in [-0.2, 0) is 11.2 Å². The van der Waals surface area contributed by atoms with Crippen LogP contribution >= 0.6 is 0 Å². The molecule has 0 amide bonds. The molecule has 0 N–H and O–H groups in total. The molecule has 24 heavy (non-hydrogen) atoms. The van der Waals surface area contributed by atoms with Crippen molar-refractivity contribution < 1.29 is 4.79 Å². The molecule has 0 unspecified atom stereocenters. The lowest BCUT2D eigenvalue weighted by atomic mass is 9.86. The monoisotopic (exact) mass is 321 g/mol. The molecule has 0 aromatic carbocycles. The van der Waals surface area contributed by atoms with Gasteiger partial charge in [-0.15, -0.1) is 6.42 Å². The molecule has 4 rings (SSSR count). The van der Waals surface area contributed by atoms with E-state index in [0.717, 1.165) is 35.7 Å². The average Bonchev–Trinajstić information content (AvgIpc) is 3.33. The number of aromatic nitrogens is 1. The van der Waals surface area contributed by atoms with Gasteiger partial charge in [0.2, 0.25) is 0 Å². The van der Waals surface area contributed by atoms with Gasteiger partial charge in [0.25, 0.3) is 0 Å². The van der Waals surface area contributed by atoms with E-state index < -0.39 is 0 Å². The van der Waals surface area contributed by atoms with E-state index in [0.29, 0.717) is 17.4 Å². The summed E-state index contributed by atoms with van der Waals surface area (Å²) in [5, 5.41) is 0. The van der Waals surface area contributed by atoms with Crippen molar-refractivity contribution in [3.8, 4) is 12.3 Å². The van der Waals surface area contributed by atoms with Crippen molar-refractivity contribution in [3.63, 3.8) is 0 Å². The molecule has 0 bridgehead atoms. The molecule has 1 spiro atoms. The molecule has 1 aromatic heterocycles. The highest BCUT2D eigenvalue weighted by Gasteiger charge is 2.45. The van der Waals surface area contributed by atoms with Gasteiger partial charge in [0.15, 0.2) is 5.78 Å². The van der Waals surface area contributed by atoms with Gasteiger partial charge in [0.1, 0.15) is 5.82 Å². The van der Waals surface area contributed by atoms with E-state index >= 15 is 0 Å². The largest absolute Gasteiger partial charge is 0.370 e. The Morgan fingerprint density at radius 2 is 1.96 bits per heavy atom. The zero-order valence-electron chi connectivity index (χ0n) is 14.4. The van der Waals surface area contributed by atoms with Crippen molar-refractivity contribution in [2.45, 2.75) is 32.1 Å². The van der Waals surface area contributed by atoms with Crippen molar-refractivity contribution in [1.29, 1.82) is 0 Å². The van der Waals surface area contributed by atoms with E-state index in [1.165, 1.54) is 25.7 Å². The number of ketones is 1. The van der Waals surface area contributed by atoms with Crippen LogP contribution in [0.15, 0.2) is 17.8 Å². The maximum absolute atomic E-state index is 12.5. The number of allylic oxidation sites excluding steroid dienone is 1. The highest BCUT2D eigenvalue weighted by Crippen LogP contribution is 2.54. The summed E-state index contributed by atoms with van der Waals surface area (Å²) in [4.78, 5) is 21.3. The lowest BCUT2D eigenvalue weighted by molar-refractivity contribution is -0.114. The van der Waals surface area contributed by atoms with Gasteiger partial charge in [0.05, 0.1) is 11.3 Å². The first-order valence-corrected chi connectivity index (χ1v) is 8.69. The fraction of sp³-hybridized carbons (Fsp3) is 0.500. The van der Waals surface area contributed by atoms with E-state index in [1.807, 2.05) is 25.2 Å². The normalized spacial score (nSPS) is 21.5. The van der Waals surface area contributed by atoms with Crippen LogP contribution < -0.4 is 4.90 Å². The number of hydrogen-bond donors (Lipinski definition) is 0. The van der Waals surface area contributed by atoms with Crippen LogP contribution in [0.5, 0.6) is 0 Å². The number of hydrogen-bond acceptors (Lipinski definition) is 4. The Morgan fingerprint density at radius 3 is 2.54 bits per heavy atom. The van der Waals surface area contributed by atoms with Crippen LogP contribution in [-0.4, -0.2) is 42.9 Å². The van der Waals surface area contributed by atoms with Gasteiger partial charge in [-0.2, -0.15) is 0 Å². The Bertz CT molecular complexity index is 771. The van der Waals surface area contributed by atoms with E-state index in [-0.39, 0.29) is 5.78 Å². The minimum Gasteiger partial charge on any atom is -0.370 e. The van der Waals surface area contributed by atoms with Crippen molar-refractivity contribution >= 4 is 17.3 Å². The zero-order chi connectivity index (χ0) is 16.9. The van der Waals surface area contributed by atoms with Gasteiger partial charge < -0.3 is 9.80 Å². The first kappa shape index (κ1) is 15.3. The maximum atomic E-state index is 12.5. The Morgan fingerprint density at radius 1 is 1.25 bits per heavy atom. The molecule has 0 atom stereocenters. The second kappa shape index (κ2) is 5.37. The molecule has 2 aliphatic carbocycles. The van der Waals surface area contributed by atoms with Crippen LogP contribution in [0.1, 0.15) is 36.8 Å². The molecular weight excluding hydrogens is 298 g/mol. The zero-order valence-corrected chi connectivity index (χ0v) is 14.4. The predicted octanol–water partition coefficient (Wildman–Crippen LogP) is 2.49. The molecule has 4 nitrogen and oxygen atoms in total. The highest BCUT2D eigenvalue weighted by molar-refractivity contribution is 6.10. The maximum Gasteiger partial charge on any atom is 0.177 e. The van der Waals surface area contributed by atoms with Crippen molar-refractivity contribution in [2.24, 2.45) is 5.41 Å². The van der Waals surface area contributed by atoms with Crippen molar-refractivity contribution in [1.82, 2.24) is 9.88 Å². The van der Waals surface area contributed by atoms with E-state index in [2.05, 4.69) is 21.9 Å². The predicted molar refractivity (Wildman–Crippen MR) is 95.5 cm³/mol. The minimum atomic E-state index is 0.0473. The number of rotatable bonds is 2. The third kappa shape index (κ3) is 2.39. The summed E-state index contributed by atoms with van der Waals surface area (Å²) in [6, 6.07) is 2.08. The molecule has 1 saturated carbocycles. The number of carbonyl (C=O) groups excluding carboxylic acids is 1. The molecule has 2 fully saturated rings. The second-order valence-corrected chi connectivity index (χ2v) is 7.55. The molecule has 3 aliphatic rings. The van der Waals surface area contributed by atoms with Gasteiger partial charge in [-0.05, 0) is 42.7 Å². The number of nitrogens with zero attached hydrogens (tertiary/aromatic N) is 3. The smallest absolute Gasteiger partial charge is 0.177 e. The topological polar surface area (TPSA) is 36.4 Å². The molecule has 2 heterocycles. The third-order valence-corrected chi connectivity index (χ3v) is 5.79. The second-order valence-electron chi connectivity index (χ2n) is 7.55. The number of Topliss-reactive ketones (excluding diaryl/α,β-unsaturated/α-hetero) is 1. The SMILES string of the molecule is C#CC1=C(N2CCC3(CC2)CC3)c2cc(N(C)C)ncc2CC1=O. The van der Waals surface area contributed by atoms with Gasteiger partial charge in [-0.1, -0.05) is 5.92 Å². The van der Waals surface area contributed by atoms with Crippen LogP contribution in [0.25, 0.3) is 5.70 Å². The van der Waals surface area contributed by atoms with Crippen LogP contribution in [0.2, 0.25) is 0 Å². The van der Waals surface area contributed by atoms with Gasteiger partial charge in [-0.25, -0.2) is 4.98 Å². The van der Waals surface area contributed by atoms with Gasteiger partial charge in [0, 0.05) is 45.4 Å². The van der Waals surface area contributed by atoms with E-state index in [9.17, 15) is 4.79 Å². The Balaban J connectivity index is 1.78. The molecule has 0 radical (unpaired) electrons. The highest BCUT2D eigenvalue weighted by atomic mass is 16.1. The third-order valence-electron chi connectivity index (χ3n) is 5.79. The summed E-state index contributed by atoms with van der Waals surface area (Å²) in [6.07, 6.45) is 13.1. The minimum absolute atomic E-state index is 0.0473. The number of likely N-dealkylation sites (tertiary alicyclic amines) is 1. The number of carbonyl (C=O) groups is 1. The number of piperidine rings is 1. The van der Waals surface area contributed by atoms with Gasteiger partial charge >= 0.3 is 0 Å². The molecule has 1 aliphatic heterocycles. The van der Waals surface area contributed by atoms with Crippen LogP contribution in [0.4, 0.5) is 5.82 Å². The summed E-state index contributed by atoms with van der Waals surface area (Å²) < 4.78 is 0. The molecule has 1 saturated heterocycles. The lowest BCUT2D eigenvalue weighted by Crippen LogP contribution is -2.36. The summed E-state index contributed by atoms with van der Waals surface area (Å²) >= 11 is 0. The summed E-state index contributed by atoms with van der Waals surface area (Å²) in [5.41, 5.74) is 4.19. The number of anilines is 1. The molecule has 124 valence electrons. The standard InChI is InChI=1S/C20H23N3O/c1-4-15-17(24)11-14-13-21-18(22(2)3)12-16(14)19(15)23-9-7-20(5-6-20)8-10-23/h1,12-13H,5-11H2,2-3H3. The number of fused-ring (bicyclic) bond motifs is 1. The molecular formula is C20H23N3O. The van der Waals surface area contributed by atoms with Gasteiger partial charge in [-0.3, -0.25) is 4.79 Å². The first-order chi connectivity index (χ1) is 11.5. The number of terminal acetylenes is 1. The Hall–Kier alpha value is -2.28. The Labute approximate surface area is 143 Å². The van der Waals surface area contributed by atoms with E-state index in [4.69, 9.17) is 6.42 Å². The Kier molecular flexibility index (Phi) is 3.42. The fourth-order valence-electron chi connectivity index (χ4n) is 3.97. The summed E-state index contributed by atoms with van der Waals surface area (Å²) in [5.74, 6) is 3.62. The first-order valence-electron chi connectivity index (χ1n) is 8.69. The molecule has 4 heteroatoms. The summed E-state index contributed by atoms with van der Waals surface area (Å²) in [7, 11) is 3.96. The van der Waals surface area contributed by atoms with Crippen molar-refractivity contribution in [3.05, 3.63) is 29.0 Å². The van der Waals surface area contributed by atoms with E-state index in [1.54, 1.807) is 0 Å². The van der Waals surface area contributed by atoms with Crippen molar-refractivity contribution in [2.75, 3.05) is 32.1 Å². The van der Waals surface area contributed by atoms with Crippen LogP contribution in [0.3, 0.4) is 0 Å². The summed E-state index contributed by atoms with van der Waals surface area (Å²) in [6.45, 7) is 1.99. The van der Waals surface area contributed by atoms with Crippen LogP contribution in [0, 0.1) is 17.8 Å². The lowest BCUT2D eigenvalue weighted by Gasteiger charge is -2.38.